The lowest BCUT2D eigenvalue weighted by Crippen LogP contribution is -2.25. The van der Waals surface area contributed by atoms with Gasteiger partial charge < -0.3 is 16.5 Å². The van der Waals surface area contributed by atoms with E-state index in [-0.39, 0.29) is 0 Å². The van der Waals surface area contributed by atoms with Crippen molar-refractivity contribution in [3.63, 3.8) is 0 Å². The Hall–Kier alpha value is -2.46. The summed E-state index contributed by atoms with van der Waals surface area (Å²) in [4.78, 5) is 0. The Bertz CT molecular complexity index is 546. The summed E-state index contributed by atoms with van der Waals surface area (Å²) in [5, 5.41) is 1.57. The van der Waals surface area contributed by atoms with Crippen LogP contribution in [0.3, 0.4) is 0 Å². The third-order valence-corrected chi connectivity index (χ3v) is 2.76. The van der Waals surface area contributed by atoms with Crippen LogP contribution < -0.4 is 17.3 Å². The number of nitrogens with zero attached hydrogens (tertiary/aromatic N) is 1. The van der Waals surface area contributed by atoms with Crippen molar-refractivity contribution in [1.29, 1.82) is 0 Å². The van der Waals surface area contributed by atoms with E-state index in [9.17, 15) is 0 Å². The molecule has 6 N–H and O–H groups in total. The van der Waals surface area contributed by atoms with Gasteiger partial charge in [0.05, 0.1) is 12.2 Å². The highest BCUT2D eigenvalue weighted by Crippen LogP contribution is 2.12. The molecule has 0 aliphatic carbocycles. The van der Waals surface area contributed by atoms with Gasteiger partial charge in [0.2, 0.25) is 0 Å². The molecule has 2 aromatic rings. The van der Waals surface area contributed by atoms with E-state index < -0.39 is 0 Å². The van der Waals surface area contributed by atoms with Crippen LogP contribution in [-0.2, 0) is 6.54 Å². The van der Waals surface area contributed by atoms with Gasteiger partial charge in [0.15, 0.2) is 0 Å². The molecular formula is C15H18N4. The van der Waals surface area contributed by atoms with Crippen molar-refractivity contribution < 1.29 is 0 Å². The van der Waals surface area contributed by atoms with Gasteiger partial charge in [-0.1, -0.05) is 42.5 Å². The summed E-state index contributed by atoms with van der Waals surface area (Å²) < 4.78 is 0. The van der Waals surface area contributed by atoms with Gasteiger partial charge in [-0.25, -0.2) is 5.84 Å². The number of hydrogen-bond donors (Lipinski definition) is 3. The molecule has 0 aromatic heterocycles. The van der Waals surface area contributed by atoms with Crippen LogP contribution in [0.1, 0.15) is 11.1 Å². The van der Waals surface area contributed by atoms with E-state index in [1.807, 2.05) is 54.6 Å². The summed E-state index contributed by atoms with van der Waals surface area (Å²) in [6.45, 7) is 0.608. The second kappa shape index (κ2) is 5.93. The first-order valence-corrected chi connectivity index (χ1v) is 6.03. The van der Waals surface area contributed by atoms with E-state index in [0.29, 0.717) is 17.9 Å². The van der Waals surface area contributed by atoms with E-state index in [2.05, 4.69) is 0 Å². The Balaban J connectivity index is 2.06. The quantitative estimate of drug-likeness (QED) is 0.442. The van der Waals surface area contributed by atoms with Gasteiger partial charge >= 0.3 is 0 Å². The van der Waals surface area contributed by atoms with E-state index in [4.69, 9.17) is 17.3 Å². The highest BCUT2D eigenvalue weighted by molar-refractivity contribution is 5.63. The van der Waals surface area contributed by atoms with E-state index >= 15 is 0 Å². The van der Waals surface area contributed by atoms with Gasteiger partial charge in [-0.2, -0.15) is 0 Å². The SMILES string of the molecule is N/C(=C\N(N)Cc1ccccc1)c1ccc(N)cc1. The summed E-state index contributed by atoms with van der Waals surface area (Å²) in [7, 11) is 0. The second-order valence-electron chi connectivity index (χ2n) is 4.36. The zero-order chi connectivity index (χ0) is 13.7. The van der Waals surface area contributed by atoms with Crippen molar-refractivity contribution >= 4 is 11.4 Å². The molecule has 0 spiro atoms. The lowest BCUT2D eigenvalue weighted by Gasteiger charge is -2.15. The molecule has 2 rings (SSSR count). The Morgan fingerprint density at radius 2 is 1.63 bits per heavy atom. The van der Waals surface area contributed by atoms with Gasteiger partial charge in [0.1, 0.15) is 0 Å². The minimum Gasteiger partial charge on any atom is -0.399 e. The number of anilines is 1. The van der Waals surface area contributed by atoms with E-state index in [1.54, 1.807) is 11.2 Å². The predicted molar refractivity (Wildman–Crippen MR) is 79.2 cm³/mol. The van der Waals surface area contributed by atoms with E-state index in [1.165, 1.54) is 0 Å². The standard InChI is InChI=1S/C15H18N4/c16-14-8-6-13(7-9-14)15(17)11-19(18)10-12-4-2-1-3-5-12/h1-9,11H,10,16-18H2/b15-11-. The van der Waals surface area contributed by atoms with Crippen molar-refractivity contribution in [1.82, 2.24) is 5.01 Å². The molecule has 0 saturated heterocycles. The van der Waals surface area contributed by atoms with Gasteiger partial charge in [-0.3, -0.25) is 0 Å². The van der Waals surface area contributed by atoms with Crippen LogP contribution in [-0.4, -0.2) is 5.01 Å². The third kappa shape index (κ3) is 3.76. The molecule has 4 heteroatoms. The van der Waals surface area contributed by atoms with Gasteiger partial charge in [-0.15, -0.1) is 0 Å². The molecule has 0 unspecified atom stereocenters. The average molecular weight is 254 g/mol. The van der Waals surface area contributed by atoms with Crippen LogP contribution in [0.5, 0.6) is 0 Å². The second-order valence-corrected chi connectivity index (χ2v) is 4.36. The molecule has 98 valence electrons. The summed E-state index contributed by atoms with van der Waals surface area (Å²) in [6.07, 6.45) is 1.72. The van der Waals surface area contributed by atoms with Crippen molar-refractivity contribution in [2.24, 2.45) is 11.6 Å². The number of nitrogens with two attached hydrogens (primary N) is 3. The lowest BCUT2D eigenvalue weighted by atomic mass is 10.1. The highest BCUT2D eigenvalue weighted by Gasteiger charge is 2.00. The van der Waals surface area contributed by atoms with Crippen LogP contribution >= 0.6 is 0 Å². The number of rotatable bonds is 4. The zero-order valence-electron chi connectivity index (χ0n) is 10.7. The number of hydrogen-bond acceptors (Lipinski definition) is 4. The Morgan fingerprint density at radius 3 is 2.26 bits per heavy atom. The molecule has 0 atom stereocenters. The van der Waals surface area contributed by atoms with Crippen LogP contribution in [0, 0.1) is 0 Å². The maximum atomic E-state index is 6.00. The van der Waals surface area contributed by atoms with Crippen molar-refractivity contribution in [2.45, 2.75) is 6.54 Å². The maximum absolute atomic E-state index is 6.00. The topological polar surface area (TPSA) is 81.3 Å². The predicted octanol–water partition coefficient (Wildman–Crippen LogP) is 1.90. The first-order chi connectivity index (χ1) is 9.15. The number of nitrogen functional groups attached to an aromatic ring is 1. The molecular weight excluding hydrogens is 236 g/mol. The summed E-state index contributed by atoms with van der Waals surface area (Å²) in [5.74, 6) is 5.93. The molecule has 0 bridgehead atoms. The molecule has 0 amide bonds. The van der Waals surface area contributed by atoms with Crippen LogP contribution in [0.15, 0.2) is 60.8 Å². The molecule has 2 aromatic carbocycles. The average Bonchev–Trinajstić information content (AvgIpc) is 2.40. The minimum absolute atomic E-state index is 0.608. The molecule has 0 radical (unpaired) electrons. The molecule has 0 aliphatic heterocycles. The first kappa shape index (κ1) is 13.0. The van der Waals surface area contributed by atoms with Crippen LogP contribution in [0.4, 0.5) is 5.69 Å². The summed E-state index contributed by atoms with van der Waals surface area (Å²) >= 11 is 0. The van der Waals surface area contributed by atoms with Gasteiger partial charge in [-0.05, 0) is 23.3 Å². The molecule has 0 heterocycles. The Labute approximate surface area is 113 Å². The molecule has 4 nitrogen and oxygen atoms in total. The first-order valence-electron chi connectivity index (χ1n) is 6.03. The van der Waals surface area contributed by atoms with Crippen LogP contribution in [0.2, 0.25) is 0 Å². The summed E-state index contributed by atoms with van der Waals surface area (Å²) in [6, 6.07) is 17.4. The van der Waals surface area contributed by atoms with Gasteiger partial charge in [0.25, 0.3) is 0 Å². The summed E-state index contributed by atoms with van der Waals surface area (Å²) in [5.41, 5.74) is 15.0. The van der Waals surface area contributed by atoms with Crippen LogP contribution in [0.25, 0.3) is 5.70 Å². The normalized spacial score (nSPS) is 11.3. The van der Waals surface area contributed by atoms with Crippen molar-refractivity contribution in [3.8, 4) is 0 Å². The molecule has 19 heavy (non-hydrogen) atoms. The lowest BCUT2D eigenvalue weighted by molar-refractivity contribution is 0.388. The van der Waals surface area contributed by atoms with E-state index in [0.717, 1.165) is 11.1 Å². The molecule has 0 saturated carbocycles. The fraction of sp³-hybridized carbons (Fsp3) is 0.0667. The fourth-order valence-corrected chi connectivity index (χ4v) is 1.77. The zero-order valence-corrected chi connectivity index (χ0v) is 10.7. The third-order valence-electron chi connectivity index (χ3n) is 2.76. The molecule has 0 aliphatic rings. The van der Waals surface area contributed by atoms with Crippen molar-refractivity contribution in [3.05, 3.63) is 71.9 Å². The minimum atomic E-state index is 0.608. The Morgan fingerprint density at radius 1 is 1.00 bits per heavy atom. The highest BCUT2D eigenvalue weighted by atomic mass is 15.4. The Kier molecular flexibility index (Phi) is 4.05. The number of benzene rings is 2. The van der Waals surface area contributed by atoms with Crippen molar-refractivity contribution in [2.75, 3.05) is 5.73 Å². The smallest absolute Gasteiger partial charge is 0.0586 e. The van der Waals surface area contributed by atoms with Gasteiger partial charge in [0, 0.05) is 11.9 Å². The fourth-order valence-electron chi connectivity index (χ4n) is 1.77. The monoisotopic (exact) mass is 254 g/mol. The largest absolute Gasteiger partial charge is 0.399 e. The maximum Gasteiger partial charge on any atom is 0.0586 e. The number of hydrazine groups is 1. The molecule has 0 fully saturated rings.